The van der Waals surface area contributed by atoms with E-state index in [0.717, 1.165) is 12.1 Å². The number of hydrogen-bond donors (Lipinski definition) is 2. The van der Waals surface area contributed by atoms with Crippen LogP contribution in [0.2, 0.25) is 0 Å². The van der Waals surface area contributed by atoms with Crippen molar-refractivity contribution in [2.45, 2.75) is 38.1 Å². The summed E-state index contributed by atoms with van der Waals surface area (Å²) in [5.41, 5.74) is -2.21. The standard InChI is InChI=1S/C12H15F3O2/c1-3-11(2,17)10(16)8-5-4-6-9(7-8)12(13,14)15/h4-7,10,16-17H,3H2,1-2H3. The van der Waals surface area contributed by atoms with Crippen molar-refractivity contribution in [3.63, 3.8) is 0 Å². The molecule has 0 aliphatic heterocycles. The van der Waals surface area contributed by atoms with E-state index in [9.17, 15) is 23.4 Å². The summed E-state index contributed by atoms with van der Waals surface area (Å²) in [4.78, 5) is 0. The molecule has 96 valence electrons. The Balaban J connectivity index is 3.08. The molecule has 0 heterocycles. The van der Waals surface area contributed by atoms with Gasteiger partial charge in [0.2, 0.25) is 0 Å². The summed E-state index contributed by atoms with van der Waals surface area (Å²) in [6, 6.07) is 4.36. The third-order valence-corrected chi connectivity index (χ3v) is 2.83. The van der Waals surface area contributed by atoms with E-state index in [0.29, 0.717) is 0 Å². The SMILES string of the molecule is CCC(C)(O)C(O)c1cccc(C(F)(F)F)c1. The fourth-order valence-electron chi connectivity index (χ4n) is 1.44. The molecule has 0 aliphatic rings. The number of halogens is 3. The summed E-state index contributed by atoms with van der Waals surface area (Å²) in [5.74, 6) is 0. The van der Waals surface area contributed by atoms with Gasteiger partial charge in [0.05, 0.1) is 11.2 Å². The van der Waals surface area contributed by atoms with Gasteiger partial charge in [-0.05, 0) is 31.0 Å². The minimum absolute atomic E-state index is 0.0617. The predicted octanol–water partition coefficient (Wildman–Crippen LogP) is 2.90. The molecule has 1 aromatic rings. The summed E-state index contributed by atoms with van der Waals surface area (Å²) in [5, 5.41) is 19.6. The highest BCUT2D eigenvalue weighted by Crippen LogP contribution is 2.33. The Morgan fingerprint density at radius 1 is 1.29 bits per heavy atom. The minimum Gasteiger partial charge on any atom is -0.387 e. The molecule has 0 fully saturated rings. The van der Waals surface area contributed by atoms with Crippen molar-refractivity contribution in [1.82, 2.24) is 0 Å². The van der Waals surface area contributed by atoms with Crippen LogP contribution in [0, 0.1) is 0 Å². The molecule has 2 nitrogen and oxygen atoms in total. The summed E-state index contributed by atoms with van der Waals surface area (Å²) in [7, 11) is 0. The quantitative estimate of drug-likeness (QED) is 0.863. The van der Waals surface area contributed by atoms with Gasteiger partial charge in [0.1, 0.15) is 6.10 Å². The van der Waals surface area contributed by atoms with E-state index < -0.39 is 23.4 Å². The van der Waals surface area contributed by atoms with E-state index in [4.69, 9.17) is 0 Å². The van der Waals surface area contributed by atoms with E-state index in [1.165, 1.54) is 19.1 Å². The van der Waals surface area contributed by atoms with Crippen molar-refractivity contribution in [3.05, 3.63) is 35.4 Å². The highest BCUT2D eigenvalue weighted by molar-refractivity contribution is 5.28. The molecule has 1 aromatic carbocycles. The third-order valence-electron chi connectivity index (χ3n) is 2.83. The first-order valence-electron chi connectivity index (χ1n) is 5.26. The lowest BCUT2D eigenvalue weighted by atomic mass is 9.90. The second-order valence-electron chi connectivity index (χ2n) is 4.24. The van der Waals surface area contributed by atoms with E-state index in [-0.39, 0.29) is 12.0 Å². The summed E-state index contributed by atoms with van der Waals surface area (Å²) in [6.45, 7) is 3.04. The smallest absolute Gasteiger partial charge is 0.387 e. The Kier molecular flexibility index (Phi) is 3.84. The van der Waals surface area contributed by atoms with Crippen LogP contribution < -0.4 is 0 Å². The fraction of sp³-hybridized carbons (Fsp3) is 0.500. The normalized spacial score (nSPS) is 17.6. The first kappa shape index (κ1) is 14.0. The molecule has 0 bridgehead atoms. The van der Waals surface area contributed by atoms with E-state index in [1.807, 2.05) is 0 Å². The summed E-state index contributed by atoms with van der Waals surface area (Å²) < 4.78 is 37.4. The Morgan fingerprint density at radius 2 is 1.88 bits per heavy atom. The highest BCUT2D eigenvalue weighted by atomic mass is 19.4. The summed E-state index contributed by atoms with van der Waals surface area (Å²) in [6.07, 6.45) is -5.55. The summed E-state index contributed by atoms with van der Waals surface area (Å²) >= 11 is 0. The molecule has 1 rings (SSSR count). The van der Waals surface area contributed by atoms with Gasteiger partial charge < -0.3 is 10.2 Å². The number of aliphatic hydroxyl groups is 2. The average molecular weight is 248 g/mol. The molecule has 0 aliphatic carbocycles. The van der Waals surface area contributed by atoms with Crippen molar-refractivity contribution >= 4 is 0 Å². The van der Waals surface area contributed by atoms with Crippen LogP contribution in [0.3, 0.4) is 0 Å². The molecule has 0 spiro atoms. The van der Waals surface area contributed by atoms with Gasteiger partial charge in [0, 0.05) is 0 Å². The molecule has 17 heavy (non-hydrogen) atoms. The van der Waals surface area contributed by atoms with Gasteiger partial charge in [-0.1, -0.05) is 19.1 Å². The van der Waals surface area contributed by atoms with Gasteiger partial charge in [-0.2, -0.15) is 13.2 Å². The molecular formula is C12H15F3O2. The molecule has 5 heteroatoms. The van der Waals surface area contributed by atoms with Gasteiger partial charge in [-0.3, -0.25) is 0 Å². The Hall–Kier alpha value is -1.07. The van der Waals surface area contributed by atoms with E-state index in [1.54, 1.807) is 6.92 Å². The van der Waals surface area contributed by atoms with Crippen LogP contribution in [0.4, 0.5) is 13.2 Å². The lowest BCUT2D eigenvalue weighted by molar-refractivity contribution is -0.137. The van der Waals surface area contributed by atoms with Gasteiger partial charge in [0.15, 0.2) is 0 Å². The maximum Gasteiger partial charge on any atom is 0.416 e. The van der Waals surface area contributed by atoms with Gasteiger partial charge in [-0.15, -0.1) is 0 Å². The Labute approximate surface area is 97.7 Å². The first-order chi connectivity index (χ1) is 7.68. The Bertz CT molecular complexity index is 386. The average Bonchev–Trinajstić information content (AvgIpc) is 2.27. The van der Waals surface area contributed by atoms with Crippen LogP contribution in [-0.2, 0) is 6.18 Å². The number of benzene rings is 1. The van der Waals surface area contributed by atoms with Crippen molar-refractivity contribution in [2.24, 2.45) is 0 Å². The molecule has 0 saturated carbocycles. The second kappa shape index (κ2) is 4.66. The van der Waals surface area contributed by atoms with Crippen molar-refractivity contribution in [2.75, 3.05) is 0 Å². The monoisotopic (exact) mass is 248 g/mol. The van der Waals surface area contributed by atoms with Crippen molar-refractivity contribution in [1.29, 1.82) is 0 Å². The molecular weight excluding hydrogens is 233 g/mol. The highest BCUT2D eigenvalue weighted by Gasteiger charge is 2.34. The van der Waals surface area contributed by atoms with Crippen molar-refractivity contribution in [3.8, 4) is 0 Å². The zero-order chi connectivity index (χ0) is 13.3. The molecule has 0 saturated heterocycles. The van der Waals surface area contributed by atoms with Crippen LogP contribution in [0.15, 0.2) is 24.3 Å². The Morgan fingerprint density at radius 3 is 2.35 bits per heavy atom. The number of alkyl halides is 3. The van der Waals surface area contributed by atoms with Gasteiger partial charge in [0.25, 0.3) is 0 Å². The van der Waals surface area contributed by atoms with Crippen LogP contribution in [0.1, 0.15) is 37.5 Å². The largest absolute Gasteiger partial charge is 0.416 e. The topological polar surface area (TPSA) is 40.5 Å². The molecule has 0 aromatic heterocycles. The van der Waals surface area contributed by atoms with Crippen LogP contribution in [-0.4, -0.2) is 15.8 Å². The van der Waals surface area contributed by atoms with Gasteiger partial charge in [-0.25, -0.2) is 0 Å². The lowest BCUT2D eigenvalue weighted by Gasteiger charge is -2.28. The molecule has 2 atom stereocenters. The lowest BCUT2D eigenvalue weighted by Crippen LogP contribution is -2.31. The van der Waals surface area contributed by atoms with Crippen molar-refractivity contribution < 1.29 is 23.4 Å². The van der Waals surface area contributed by atoms with E-state index >= 15 is 0 Å². The maximum atomic E-state index is 12.5. The number of hydrogen-bond acceptors (Lipinski definition) is 2. The first-order valence-corrected chi connectivity index (χ1v) is 5.26. The van der Waals surface area contributed by atoms with Crippen LogP contribution in [0.5, 0.6) is 0 Å². The number of rotatable bonds is 3. The molecule has 0 radical (unpaired) electrons. The van der Waals surface area contributed by atoms with Gasteiger partial charge >= 0.3 is 6.18 Å². The fourth-order valence-corrected chi connectivity index (χ4v) is 1.44. The number of aliphatic hydroxyl groups excluding tert-OH is 1. The minimum atomic E-state index is -4.45. The molecule has 2 N–H and O–H groups in total. The zero-order valence-corrected chi connectivity index (χ0v) is 9.62. The molecule has 2 unspecified atom stereocenters. The second-order valence-corrected chi connectivity index (χ2v) is 4.24. The zero-order valence-electron chi connectivity index (χ0n) is 9.62. The predicted molar refractivity (Wildman–Crippen MR) is 57.3 cm³/mol. The van der Waals surface area contributed by atoms with Crippen LogP contribution in [0.25, 0.3) is 0 Å². The van der Waals surface area contributed by atoms with Crippen LogP contribution >= 0.6 is 0 Å². The maximum absolute atomic E-state index is 12.5. The third kappa shape index (κ3) is 3.20. The van der Waals surface area contributed by atoms with E-state index in [2.05, 4.69) is 0 Å². The molecule has 0 amide bonds.